The number of rotatable bonds is 8. The zero-order chi connectivity index (χ0) is 22.5. The van der Waals surface area contributed by atoms with E-state index in [0.717, 1.165) is 6.42 Å². The standard InChI is InChI=1S/C24H27ClN2O4/c1-4-14-31-19-7-5-6-17(15-19)21-20(22(28)16-8-10-18(25)11-9-16)23(29)24(30)27(21)13-12-26(2)3/h5-11,15,21,28H,4,12-14H2,1-3H3/b22-20-. The van der Waals surface area contributed by atoms with Gasteiger partial charge in [-0.1, -0.05) is 30.7 Å². The van der Waals surface area contributed by atoms with Crippen LogP contribution < -0.4 is 4.74 Å². The summed E-state index contributed by atoms with van der Waals surface area (Å²) in [5.74, 6) is -0.880. The Morgan fingerprint density at radius 3 is 2.52 bits per heavy atom. The number of hydrogen-bond acceptors (Lipinski definition) is 5. The van der Waals surface area contributed by atoms with E-state index in [-0.39, 0.29) is 11.3 Å². The molecule has 1 N–H and O–H groups in total. The van der Waals surface area contributed by atoms with Crippen molar-refractivity contribution in [1.82, 2.24) is 9.80 Å². The summed E-state index contributed by atoms with van der Waals surface area (Å²) >= 11 is 5.96. The van der Waals surface area contributed by atoms with Gasteiger partial charge < -0.3 is 19.6 Å². The first-order chi connectivity index (χ1) is 14.8. The normalized spacial score (nSPS) is 18.1. The van der Waals surface area contributed by atoms with E-state index in [1.807, 2.05) is 50.2 Å². The van der Waals surface area contributed by atoms with Crippen LogP contribution in [-0.2, 0) is 9.59 Å². The molecule has 0 aromatic heterocycles. The molecule has 0 radical (unpaired) electrons. The Bertz CT molecular complexity index is 985. The third kappa shape index (κ3) is 5.09. The zero-order valence-electron chi connectivity index (χ0n) is 18.0. The first kappa shape index (κ1) is 22.8. The number of ketones is 1. The predicted octanol–water partition coefficient (Wildman–Crippen LogP) is 4.11. The quantitative estimate of drug-likeness (QED) is 0.378. The van der Waals surface area contributed by atoms with Crippen LogP contribution in [0.15, 0.2) is 54.1 Å². The van der Waals surface area contributed by atoms with Crippen molar-refractivity contribution in [3.05, 3.63) is 70.3 Å². The fourth-order valence-electron chi connectivity index (χ4n) is 3.52. The van der Waals surface area contributed by atoms with Gasteiger partial charge in [-0.15, -0.1) is 0 Å². The minimum absolute atomic E-state index is 0.0683. The summed E-state index contributed by atoms with van der Waals surface area (Å²) in [6.45, 7) is 3.51. The molecule has 1 fully saturated rings. The highest BCUT2D eigenvalue weighted by molar-refractivity contribution is 6.46. The second kappa shape index (κ2) is 9.98. The van der Waals surface area contributed by atoms with E-state index in [9.17, 15) is 14.7 Å². The number of aliphatic hydroxyl groups is 1. The maximum Gasteiger partial charge on any atom is 0.295 e. The molecule has 2 aromatic rings. The summed E-state index contributed by atoms with van der Waals surface area (Å²) in [6.07, 6.45) is 0.863. The lowest BCUT2D eigenvalue weighted by molar-refractivity contribution is -0.140. The van der Waals surface area contributed by atoms with Crippen LogP contribution in [0.3, 0.4) is 0 Å². The molecule has 1 heterocycles. The highest BCUT2D eigenvalue weighted by Crippen LogP contribution is 2.40. The summed E-state index contributed by atoms with van der Waals surface area (Å²) in [5.41, 5.74) is 1.21. The number of nitrogens with zero attached hydrogens (tertiary/aromatic N) is 2. The molecule has 2 aromatic carbocycles. The number of likely N-dealkylation sites (N-methyl/N-ethyl adjacent to an activating group) is 1. The van der Waals surface area contributed by atoms with E-state index in [0.29, 0.717) is 41.6 Å². The second-order valence-corrected chi connectivity index (χ2v) is 8.16. The molecular formula is C24H27ClN2O4. The molecule has 31 heavy (non-hydrogen) atoms. The number of ether oxygens (including phenoxy) is 1. The summed E-state index contributed by atoms with van der Waals surface area (Å²) in [6, 6.07) is 13.1. The van der Waals surface area contributed by atoms with Gasteiger partial charge in [0, 0.05) is 23.7 Å². The summed E-state index contributed by atoms with van der Waals surface area (Å²) in [5, 5.41) is 11.5. The highest BCUT2D eigenvalue weighted by Gasteiger charge is 2.46. The average molecular weight is 443 g/mol. The Hall–Kier alpha value is -2.83. The molecule has 164 valence electrons. The lowest BCUT2D eigenvalue weighted by Gasteiger charge is -2.27. The molecule has 7 heteroatoms. The van der Waals surface area contributed by atoms with Crippen LogP contribution in [0.2, 0.25) is 5.02 Å². The Morgan fingerprint density at radius 2 is 1.87 bits per heavy atom. The van der Waals surface area contributed by atoms with E-state index in [1.54, 1.807) is 24.3 Å². The number of carbonyl (C=O) groups is 2. The molecule has 0 aliphatic carbocycles. The largest absolute Gasteiger partial charge is 0.507 e. The van der Waals surface area contributed by atoms with Crippen LogP contribution in [0, 0.1) is 0 Å². The van der Waals surface area contributed by atoms with Crippen molar-refractivity contribution in [3.63, 3.8) is 0 Å². The lowest BCUT2D eigenvalue weighted by Crippen LogP contribution is -2.35. The molecule has 0 bridgehead atoms. The third-order valence-corrected chi connectivity index (χ3v) is 5.34. The molecule has 1 aliphatic rings. The molecule has 0 saturated carbocycles. The van der Waals surface area contributed by atoms with E-state index in [4.69, 9.17) is 16.3 Å². The maximum absolute atomic E-state index is 13.0. The summed E-state index contributed by atoms with van der Waals surface area (Å²) in [7, 11) is 3.80. The van der Waals surface area contributed by atoms with Gasteiger partial charge in [-0.05, 0) is 62.5 Å². The van der Waals surface area contributed by atoms with Crippen molar-refractivity contribution >= 4 is 29.1 Å². The third-order valence-electron chi connectivity index (χ3n) is 5.09. The van der Waals surface area contributed by atoms with Crippen LogP contribution in [0.1, 0.15) is 30.5 Å². The van der Waals surface area contributed by atoms with E-state index in [1.165, 1.54) is 4.90 Å². The van der Waals surface area contributed by atoms with Crippen LogP contribution in [0.4, 0.5) is 0 Å². The topological polar surface area (TPSA) is 70.1 Å². The second-order valence-electron chi connectivity index (χ2n) is 7.72. The highest BCUT2D eigenvalue weighted by atomic mass is 35.5. The predicted molar refractivity (Wildman–Crippen MR) is 121 cm³/mol. The van der Waals surface area contributed by atoms with Crippen LogP contribution in [-0.4, -0.2) is 60.4 Å². The fourth-order valence-corrected chi connectivity index (χ4v) is 3.65. The van der Waals surface area contributed by atoms with Gasteiger partial charge in [0.05, 0.1) is 18.2 Å². The van der Waals surface area contributed by atoms with Crippen LogP contribution in [0.5, 0.6) is 5.75 Å². The van der Waals surface area contributed by atoms with Gasteiger partial charge in [0.15, 0.2) is 0 Å². The molecule has 1 unspecified atom stereocenters. The van der Waals surface area contributed by atoms with Gasteiger partial charge in [-0.25, -0.2) is 0 Å². The van der Waals surface area contributed by atoms with Gasteiger partial charge in [-0.2, -0.15) is 0 Å². The minimum atomic E-state index is -0.708. The number of Topliss-reactive ketones (excluding diaryl/α,β-unsaturated/α-hetero) is 1. The van der Waals surface area contributed by atoms with E-state index >= 15 is 0 Å². The van der Waals surface area contributed by atoms with Crippen molar-refractivity contribution in [2.45, 2.75) is 19.4 Å². The van der Waals surface area contributed by atoms with Crippen LogP contribution >= 0.6 is 11.6 Å². The number of amides is 1. The number of aliphatic hydroxyl groups excluding tert-OH is 1. The Kier molecular flexibility index (Phi) is 7.36. The number of carbonyl (C=O) groups excluding carboxylic acids is 2. The molecule has 3 rings (SSSR count). The summed E-state index contributed by atoms with van der Waals surface area (Å²) < 4.78 is 5.75. The Balaban J connectivity index is 2.11. The monoisotopic (exact) mass is 442 g/mol. The van der Waals surface area contributed by atoms with Crippen molar-refractivity contribution in [1.29, 1.82) is 0 Å². The van der Waals surface area contributed by atoms with Crippen molar-refractivity contribution in [2.24, 2.45) is 0 Å². The van der Waals surface area contributed by atoms with Crippen molar-refractivity contribution in [2.75, 3.05) is 33.8 Å². The summed E-state index contributed by atoms with van der Waals surface area (Å²) in [4.78, 5) is 29.4. The zero-order valence-corrected chi connectivity index (χ0v) is 18.7. The first-order valence-electron chi connectivity index (χ1n) is 10.2. The molecule has 1 atom stereocenters. The van der Waals surface area contributed by atoms with Crippen LogP contribution in [0.25, 0.3) is 5.76 Å². The minimum Gasteiger partial charge on any atom is -0.507 e. The number of hydrogen-bond donors (Lipinski definition) is 1. The van der Waals surface area contributed by atoms with Gasteiger partial charge in [0.1, 0.15) is 11.5 Å². The Labute approximate surface area is 187 Å². The number of halogens is 1. The van der Waals surface area contributed by atoms with E-state index < -0.39 is 17.7 Å². The molecule has 1 amide bonds. The maximum atomic E-state index is 13.0. The van der Waals surface area contributed by atoms with Gasteiger partial charge in [-0.3, -0.25) is 9.59 Å². The smallest absolute Gasteiger partial charge is 0.295 e. The molecular weight excluding hydrogens is 416 g/mol. The van der Waals surface area contributed by atoms with Gasteiger partial charge >= 0.3 is 0 Å². The number of likely N-dealkylation sites (tertiary alicyclic amines) is 1. The van der Waals surface area contributed by atoms with Gasteiger partial charge in [0.25, 0.3) is 11.7 Å². The average Bonchev–Trinajstić information content (AvgIpc) is 3.01. The first-order valence-corrected chi connectivity index (χ1v) is 10.6. The number of benzene rings is 2. The lowest BCUT2D eigenvalue weighted by atomic mass is 9.95. The SMILES string of the molecule is CCCOc1cccc(C2/C(=C(/O)c3ccc(Cl)cc3)C(=O)C(=O)N2CCN(C)C)c1. The molecule has 0 spiro atoms. The fraction of sp³-hybridized carbons (Fsp3) is 0.333. The molecule has 1 aliphatic heterocycles. The Morgan fingerprint density at radius 1 is 1.16 bits per heavy atom. The van der Waals surface area contributed by atoms with E-state index in [2.05, 4.69) is 0 Å². The molecule has 1 saturated heterocycles. The van der Waals surface area contributed by atoms with Gasteiger partial charge in [0.2, 0.25) is 0 Å². The van der Waals surface area contributed by atoms with Crippen molar-refractivity contribution < 1.29 is 19.4 Å². The molecule has 6 nitrogen and oxygen atoms in total. The van der Waals surface area contributed by atoms with Crippen molar-refractivity contribution in [3.8, 4) is 5.75 Å².